The molecule has 5 rings (SSSR count). The van der Waals surface area contributed by atoms with Crippen LogP contribution in [-0.2, 0) is 12.8 Å². The number of rotatable bonds is 3. The molecule has 5 nitrogen and oxygen atoms in total. The average Bonchev–Trinajstić information content (AvgIpc) is 3.41. The van der Waals surface area contributed by atoms with Crippen LogP contribution in [0.5, 0.6) is 0 Å². The van der Waals surface area contributed by atoms with Gasteiger partial charge in [0.05, 0.1) is 21.4 Å². The number of fused-ring (bicyclic) bond motifs is 4. The van der Waals surface area contributed by atoms with Gasteiger partial charge in [0.1, 0.15) is 0 Å². The molecule has 4 N–H and O–H groups in total. The van der Waals surface area contributed by atoms with Gasteiger partial charge in [0.25, 0.3) is 0 Å². The maximum absolute atomic E-state index is 7.81. The fourth-order valence-corrected chi connectivity index (χ4v) is 4.93. The van der Waals surface area contributed by atoms with E-state index in [0.717, 1.165) is 62.3 Å². The summed E-state index contributed by atoms with van der Waals surface area (Å²) in [6, 6.07) is 10.2. The van der Waals surface area contributed by atoms with Crippen LogP contribution < -0.4 is 11.1 Å². The average molecular weight is 404 g/mol. The molecule has 0 bridgehead atoms. The minimum Gasteiger partial charge on any atom is -0.398 e. The largest absolute Gasteiger partial charge is 0.398 e. The minimum absolute atomic E-state index is 0.645. The van der Waals surface area contributed by atoms with Gasteiger partial charge in [0.15, 0.2) is 5.13 Å². The van der Waals surface area contributed by atoms with Crippen LogP contribution in [0.4, 0.5) is 10.8 Å². The number of hydrogen-bond acceptors (Lipinski definition) is 6. The molecule has 2 aromatic carbocycles. The topological polar surface area (TPSA) is 87.7 Å². The van der Waals surface area contributed by atoms with Crippen molar-refractivity contribution in [1.82, 2.24) is 9.97 Å². The van der Waals surface area contributed by atoms with Crippen LogP contribution in [0.1, 0.15) is 37.0 Å². The Hall–Kier alpha value is -2.99. The number of aryl methyl sites for hydroxylation is 1. The first kappa shape index (κ1) is 19.3. The molecule has 1 aliphatic carbocycles. The van der Waals surface area contributed by atoms with Crippen molar-refractivity contribution in [2.24, 2.45) is 0 Å². The van der Waals surface area contributed by atoms with Gasteiger partial charge in [-0.15, -0.1) is 0 Å². The summed E-state index contributed by atoms with van der Waals surface area (Å²) in [4.78, 5) is 9.58. The number of nitrogen functional groups attached to an aromatic ring is 1. The summed E-state index contributed by atoms with van der Waals surface area (Å²) >= 11 is 1.65. The zero-order chi connectivity index (χ0) is 20.5. The fraction of sp³-hybridized carbons (Fsp3) is 0.261. The number of anilines is 2. The van der Waals surface area contributed by atoms with Gasteiger partial charge in [-0.25, -0.2) is 9.97 Å². The molecule has 29 heavy (non-hydrogen) atoms. The molecule has 6 heteroatoms. The van der Waals surface area contributed by atoms with Gasteiger partial charge >= 0.3 is 0 Å². The van der Waals surface area contributed by atoms with Gasteiger partial charge < -0.3 is 16.5 Å². The van der Waals surface area contributed by atoms with Crippen LogP contribution in [0.15, 0.2) is 30.3 Å². The Morgan fingerprint density at radius 3 is 2.59 bits per heavy atom. The molecular weight excluding hydrogens is 378 g/mol. The first-order valence-electron chi connectivity index (χ1n) is 10.0. The molecule has 0 atom stereocenters. The monoisotopic (exact) mass is 403 g/mol. The number of nitrogens with zero attached hydrogens (tertiary/aromatic N) is 2. The lowest BCUT2D eigenvalue weighted by molar-refractivity contribution is 0.913. The van der Waals surface area contributed by atoms with E-state index in [2.05, 4.69) is 28.5 Å². The number of pyridine rings is 1. The highest BCUT2D eigenvalue weighted by Crippen LogP contribution is 2.39. The Morgan fingerprint density at radius 2 is 1.83 bits per heavy atom. The molecule has 148 valence electrons. The minimum atomic E-state index is 0.645. The van der Waals surface area contributed by atoms with E-state index in [1.165, 1.54) is 17.3 Å². The highest BCUT2D eigenvalue weighted by molar-refractivity contribution is 7.22. The van der Waals surface area contributed by atoms with Crippen molar-refractivity contribution in [2.45, 2.75) is 33.1 Å². The number of benzene rings is 2. The molecule has 0 radical (unpaired) electrons. The zero-order valence-corrected chi connectivity index (χ0v) is 17.8. The van der Waals surface area contributed by atoms with Crippen LogP contribution in [0.3, 0.4) is 0 Å². The Balaban J connectivity index is 0.000000994. The van der Waals surface area contributed by atoms with E-state index in [4.69, 9.17) is 16.1 Å². The second-order valence-corrected chi connectivity index (χ2v) is 7.86. The van der Waals surface area contributed by atoms with Crippen LogP contribution in [0.2, 0.25) is 0 Å². The number of hydrogen-bond donors (Lipinski definition) is 3. The molecule has 0 unspecified atom stereocenters. The van der Waals surface area contributed by atoms with Crippen molar-refractivity contribution in [3.63, 3.8) is 0 Å². The number of aromatic nitrogens is 2. The Kier molecular flexibility index (Phi) is 5.20. The highest BCUT2D eigenvalue weighted by Gasteiger charge is 2.23. The van der Waals surface area contributed by atoms with Gasteiger partial charge in [-0.3, -0.25) is 0 Å². The van der Waals surface area contributed by atoms with E-state index in [9.17, 15) is 0 Å². The summed E-state index contributed by atoms with van der Waals surface area (Å²) in [6.45, 7) is 4.00. The van der Waals surface area contributed by atoms with Crippen molar-refractivity contribution < 1.29 is 0 Å². The smallest absolute Gasteiger partial charge is 0.183 e. The molecule has 4 aromatic rings. The number of nitrogens with two attached hydrogens (primary N) is 1. The Bertz CT molecular complexity index is 1230. The second-order valence-electron chi connectivity index (χ2n) is 6.83. The molecule has 0 amide bonds. The molecule has 0 fully saturated rings. The van der Waals surface area contributed by atoms with Gasteiger partial charge in [-0.2, -0.15) is 0 Å². The lowest BCUT2D eigenvalue weighted by Crippen LogP contribution is -2.01. The second kappa shape index (κ2) is 7.79. The lowest BCUT2D eigenvalue weighted by Gasteiger charge is -2.14. The summed E-state index contributed by atoms with van der Waals surface area (Å²) < 4.78 is 1.16. The fourth-order valence-electron chi connectivity index (χ4n) is 4.08. The van der Waals surface area contributed by atoms with Crippen LogP contribution >= 0.6 is 11.3 Å². The molecule has 0 saturated heterocycles. The normalized spacial score (nSPS) is 12.5. The van der Waals surface area contributed by atoms with Crippen molar-refractivity contribution >= 4 is 49.5 Å². The highest BCUT2D eigenvalue weighted by atomic mass is 32.1. The molecule has 0 saturated carbocycles. The van der Waals surface area contributed by atoms with E-state index in [-0.39, 0.29) is 0 Å². The third-order valence-corrected chi connectivity index (χ3v) is 6.35. The van der Waals surface area contributed by atoms with Gasteiger partial charge in [-0.05, 0) is 54.7 Å². The predicted molar refractivity (Wildman–Crippen MR) is 126 cm³/mol. The molecule has 2 aromatic heterocycles. The molecular formula is C23H25N5S. The third kappa shape index (κ3) is 3.13. The van der Waals surface area contributed by atoms with Gasteiger partial charge in [0.2, 0.25) is 0 Å². The van der Waals surface area contributed by atoms with E-state index in [1.54, 1.807) is 11.3 Å². The van der Waals surface area contributed by atoms with Crippen molar-refractivity contribution in [3.8, 4) is 11.3 Å². The van der Waals surface area contributed by atoms with Gasteiger partial charge in [-0.1, -0.05) is 31.3 Å². The molecule has 0 spiro atoms. The summed E-state index contributed by atoms with van der Waals surface area (Å²) in [5, 5.41) is 12.9. The van der Waals surface area contributed by atoms with Crippen molar-refractivity contribution in [3.05, 3.63) is 47.0 Å². The Morgan fingerprint density at radius 1 is 1.07 bits per heavy atom. The van der Waals surface area contributed by atoms with Crippen LogP contribution in [0.25, 0.3) is 32.4 Å². The summed E-state index contributed by atoms with van der Waals surface area (Å²) in [5.74, 6) is 0. The quantitative estimate of drug-likeness (QED) is 0.305. The number of thiazole rings is 1. The van der Waals surface area contributed by atoms with E-state index in [0.29, 0.717) is 5.69 Å². The predicted octanol–water partition coefficient (Wildman–Crippen LogP) is 5.65. The summed E-state index contributed by atoms with van der Waals surface area (Å²) in [6.07, 6.45) is 4.50. The maximum Gasteiger partial charge on any atom is 0.183 e. The molecule has 1 aliphatic rings. The summed E-state index contributed by atoms with van der Waals surface area (Å²) in [7, 11) is 1.89. The van der Waals surface area contributed by atoms with E-state index in [1.807, 2.05) is 33.0 Å². The van der Waals surface area contributed by atoms with E-state index < -0.39 is 0 Å². The zero-order valence-electron chi connectivity index (χ0n) is 17.0. The van der Waals surface area contributed by atoms with Crippen molar-refractivity contribution in [2.75, 3.05) is 18.1 Å². The standard InChI is InChI=1S/C21H19N5S.C2H6/c1-24-21-26-16-7-5-11(9-18(16)27-21)20-13-4-2-3-12(13)19-14(10-22)15(23)6-8-17(19)25-20;1-2/h5-10,22H,2-4,23H2,1H3,(H,24,26);1-2H3. The molecule has 0 aliphatic heterocycles. The number of nitrogens with one attached hydrogen (secondary N) is 2. The first-order valence-corrected chi connectivity index (χ1v) is 10.8. The third-order valence-electron chi connectivity index (χ3n) is 5.32. The van der Waals surface area contributed by atoms with Gasteiger partial charge in [0, 0.05) is 35.5 Å². The molecule has 2 heterocycles. The van der Waals surface area contributed by atoms with Crippen LogP contribution in [-0.4, -0.2) is 23.2 Å². The lowest BCUT2D eigenvalue weighted by atomic mass is 9.95. The Labute approximate surface area is 174 Å². The van der Waals surface area contributed by atoms with Crippen LogP contribution in [0, 0.1) is 5.41 Å². The SMILES string of the molecule is CC.CNc1nc2ccc(-c3nc4ccc(N)c(C=N)c4c4c3CCC4)cc2s1. The van der Waals surface area contributed by atoms with Crippen molar-refractivity contribution in [1.29, 1.82) is 5.41 Å². The first-order chi connectivity index (χ1) is 14.2. The summed E-state index contributed by atoms with van der Waals surface area (Å²) in [5.41, 5.74) is 14.3. The maximum atomic E-state index is 7.81. The van der Waals surface area contributed by atoms with E-state index >= 15 is 0 Å².